The summed E-state index contributed by atoms with van der Waals surface area (Å²) in [5.41, 5.74) is 3.56. The summed E-state index contributed by atoms with van der Waals surface area (Å²) in [6.07, 6.45) is 3.53. The second kappa shape index (κ2) is 7.07. The Bertz CT molecular complexity index is 865. The third kappa shape index (κ3) is 3.60. The first-order valence-electron chi connectivity index (χ1n) is 7.83. The molecule has 0 spiro atoms. The molecule has 6 heteroatoms. The molecule has 0 radical (unpaired) electrons. The second-order valence-corrected chi connectivity index (χ2v) is 6.41. The van der Waals surface area contributed by atoms with Gasteiger partial charge in [0, 0.05) is 31.5 Å². The van der Waals surface area contributed by atoms with Crippen molar-refractivity contribution in [2.24, 2.45) is 7.05 Å². The zero-order chi connectivity index (χ0) is 17.1. The molecule has 5 nitrogen and oxygen atoms in total. The summed E-state index contributed by atoms with van der Waals surface area (Å²) in [5, 5.41) is 4.68. The predicted octanol–water partition coefficient (Wildman–Crippen LogP) is 3.41. The molecule has 0 amide bonds. The molecule has 0 aliphatic carbocycles. The summed E-state index contributed by atoms with van der Waals surface area (Å²) in [5.74, 6) is 0.853. The van der Waals surface area contributed by atoms with E-state index >= 15 is 0 Å². The fourth-order valence-corrected chi connectivity index (χ4v) is 2.80. The van der Waals surface area contributed by atoms with E-state index in [1.807, 2.05) is 28.4 Å². The van der Waals surface area contributed by atoms with E-state index < -0.39 is 0 Å². The maximum Gasteiger partial charge on any atom is 0.199 e. The molecule has 0 saturated heterocycles. The minimum atomic E-state index is 0.644. The zero-order valence-electron chi connectivity index (χ0n) is 14.2. The predicted molar refractivity (Wildman–Crippen MR) is 97.9 cm³/mol. The largest absolute Gasteiger partial charge is 0.303 e. The number of nitrogens with zero attached hydrogens (tertiary/aromatic N) is 5. The van der Waals surface area contributed by atoms with E-state index in [1.165, 1.54) is 11.1 Å². The topological polar surface area (TPSA) is 38.9 Å². The molecule has 3 rings (SSSR count). The van der Waals surface area contributed by atoms with Crippen LogP contribution in [0.2, 0.25) is 0 Å². The smallest absolute Gasteiger partial charge is 0.199 e. The van der Waals surface area contributed by atoms with Gasteiger partial charge in [0.2, 0.25) is 0 Å². The van der Waals surface area contributed by atoms with Gasteiger partial charge in [-0.25, -0.2) is 4.68 Å². The van der Waals surface area contributed by atoms with Gasteiger partial charge in [0.25, 0.3) is 0 Å². The van der Waals surface area contributed by atoms with Gasteiger partial charge in [-0.05, 0) is 43.9 Å². The number of hydrogen-bond donors (Lipinski definition) is 0. The summed E-state index contributed by atoms with van der Waals surface area (Å²) in [7, 11) is 4.02. The van der Waals surface area contributed by atoms with E-state index in [-0.39, 0.29) is 0 Å². The Kier molecular flexibility index (Phi) is 4.87. The van der Waals surface area contributed by atoms with E-state index in [0.29, 0.717) is 11.4 Å². The normalized spacial score (nSPS) is 11.2. The lowest BCUT2D eigenvalue weighted by Crippen LogP contribution is -2.22. The summed E-state index contributed by atoms with van der Waals surface area (Å²) in [4.78, 5) is 6.25. The minimum absolute atomic E-state index is 0.644. The van der Waals surface area contributed by atoms with Crippen LogP contribution in [0.4, 0.5) is 0 Å². The quantitative estimate of drug-likeness (QED) is 0.668. The standard InChI is InChI=1S/C18H21N5S/c1-14-4-6-15(7-5-14)12-21(2)13-23-18(24)22(3)17(20-23)16-8-10-19-11-9-16/h4-11H,12-13H2,1-3H3. The van der Waals surface area contributed by atoms with E-state index in [0.717, 1.165) is 17.9 Å². The number of hydrogen-bond acceptors (Lipinski definition) is 4. The third-order valence-electron chi connectivity index (χ3n) is 3.93. The molecule has 1 aromatic carbocycles. The first-order chi connectivity index (χ1) is 11.5. The van der Waals surface area contributed by atoms with Crippen LogP contribution in [0.5, 0.6) is 0 Å². The molecule has 2 aromatic heterocycles. The lowest BCUT2D eigenvalue weighted by atomic mass is 10.1. The van der Waals surface area contributed by atoms with Crippen molar-refractivity contribution in [2.45, 2.75) is 20.1 Å². The van der Waals surface area contributed by atoms with Crippen LogP contribution in [-0.2, 0) is 20.3 Å². The Morgan fingerprint density at radius 3 is 2.42 bits per heavy atom. The Morgan fingerprint density at radius 2 is 1.75 bits per heavy atom. The Morgan fingerprint density at radius 1 is 1.08 bits per heavy atom. The summed E-state index contributed by atoms with van der Waals surface area (Å²) < 4.78 is 4.50. The van der Waals surface area contributed by atoms with Crippen molar-refractivity contribution in [3.05, 3.63) is 64.7 Å². The van der Waals surface area contributed by atoms with Crippen molar-refractivity contribution in [3.63, 3.8) is 0 Å². The maximum absolute atomic E-state index is 5.54. The van der Waals surface area contributed by atoms with Gasteiger partial charge in [-0.3, -0.25) is 9.88 Å². The maximum atomic E-state index is 5.54. The van der Waals surface area contributed by atoms with E-state index in [4.69, 9.17) is 12.2 Å². The molecular weight excluding hydrogens is 318 g/mol. The summed E-state index contributed by atoms with van der Waals surface area (Å²) in [6, 6.07) is 12.5. The van der Waals surface area contributed by atoms with Gasteiger partial charge in [-0.15, -0.1) is 0 Å². The first-order valence-corrected chi connectivity index (χ1v) is 8.24. The highest BCUT2D eigenvalue weighted by molar-refractivity contribution is 7.71. The lowest BCUT2D eigenvalue weighted by Gasteiger charge is -2.16. The van der Waals surface area contributed by atoms with Crippen molar-refractivity contribution in [2.75, 3.05) is 7.05 Å². The fraction of sp³-hybridized carbons (Fsp3) is 0.278. The van der Waals surface area contributed by atoms with Gasteiger partial charge in [0.15, 0.2) is 10.6 Å². The Hall–Kier alpha value is -2.31. The number of rotatable bonds is 5. The zero-order valence-corrected chi connectivity index (χ0v) is 15.0. The SMILES string of the molecule is Cc1ccc(CN(C)Cn2nc(-c3ccncc3)n(C)c2=S)cc1. The van der Waals surface area contributed by atoms with Crippen molar-refractivity contribution in [1.82, 2.24) is 24.2 Å². The van der Waals surface area contributed by atoms with E-state index in [9.17, 15) is 0 Å². The molecule has 0 N–H and O–H groups in total. The Balaban J connectivity index is 1.78. The van der Waals surface area contributed by atoms with Gasteiger partial charge in [-0.1, -0.05) is 29.8 Å². The second-order valence-electron chi connectivity index (χ2n) is 6.04. The Labute approximate surface area is 147 Å². The highest BCUT2D eigenvalue weighted by atomic mass is 32.1. The van der Waals surface area contributed by atoms with Gasteiger partial charge >= 0.3 is 0 Å². The number of aromatic nitrogens is 4. The van der Waals surface area contributed by atoms with Crippen molar-refractivity contribution < 1.29 is 0 Å². The molecule has 24 heavy (non-hydrogen) atoms. The van der Waals surface area contributed by atoms with Gasteiger partial charge < -0.3 is 4.57 Å². The fourth-order valence-electron chi connectivity index (χ4n) is 2.62. The average molecular weight is 339 g/mol. The highest BCUT2D eigenvalue weighted by Crippen LogP contribution is 2.16. The van der Waals surface area contributed by atoms with Crippen molar-refractivity contribution in [1.29, 1.82) is 0 Å². The molecule has 2 heterocycles. The van der Waals surface area contributed by atoms with Gasteiger partial charge in [-0.2, -0.15) is 5.10 Å². The van der Waals surface area contributed by atoms with Crippen LogP contribution in [0.1, 0.15) is 11.1 Å². The van der Waals surface area contributed by atoms with Gasteiger partial charge in [0.1, 0.15) is 0 Å². The van der Waals surface area contributed by atoms with Crippen molar-refractivity contribution in [3.8, 4) is 11.4 Å². The van der Waals surface area contributed by atoms with Crippen LogP contribution in [0.15, 0.2) is 48.8 Å². The van der Waals surface area contributed by atoms with E-state index in [1.54, 1.807) is 12.4 Å². The number of benzene rings is 1. The highest BCUT2D eigenvalue weighted by Gasteiger charge is 2.11. The molecule has 0 aliphatic rings. The van der Waals surface area contributed by atoms with Crippen molar-refractivity contribution >= 4 is 12.2 Å². The molecule has 0 aliphatic heterocycles. The number of aryl methyl sites for hydroxylation is 1. The summed E-state index contributed by atoms with van der Waals surface area (Å²) in [6.45, 7) is 3.59. The average Bonchev–Trinajstić information content (AvgIpc) is 2.86. The van der Waals surface area contributed by atoms with Crippen LogP contribution in [0.25, 0.3) is 11.4 Å². The monoisotopic (exact) mass is 339 g/mol. The third-order valence-corrected chi connectivity index (χ3v) is 4.41. The molecule has 3 aromatic rings. The molecule has 124 valence electrons. The van der Waals surface area contributed by atoms with Crippen LogP contribution >= 0.6 is 12.2 Å². The first kappa shape index (κ1) is 16.5. The van der Waals surface area contributed by atoms with E-state index in [2.05, 4.69) is 53.2 Å². The number of pyridine rings is 1. The van der Waals surface area contributed by atoms with Gasteiger partial charge in [0.05, 0.1) is 6.67 Å². The van der Waals surface area contributed by atoms with Crippen LogP contribution in [0, 0.1) is 11.7 Å². The lowest BCUT2D eigenvalue weighted by molar-refractivity contribution is 0.244. The molecule has 0 unspecified atom stereocenters. The van der Waals surface area contributed by atoms with Crippen LogP contribution in [-0.4, -0.2) is 31.3 Å². The molecule has 0 saturated carbocycles. The summed E-state index contributed by atoms with van der Waals surface area (Å²) >= 11 is 5.54. The molecule has 0 fully saturated rings. The minimum Gasteiger partial charge on any atom is -0.303 e. The molecule has 0 bridgehead atoms. The molecular formula is C18H21N5S. The van der Waals surface area contributed by atoms with Crippen LogP contribution in [0.3, 0.4) is 0 Å². The molecule has 0 atom stereocenters. The van der Waals surface area contributed by atoms with Crippen LogP contribution < -0.4 is 0 Å².